The highest BCUT2D eigenvalue weighted by molar-refractivity contribution is 15.0. The average molecular weight is 523 g/mol. The molecular weight excluding hydrogens is 509 g/mol. The van der Waals surface area contributed by atoms with E-state index in [9.17, 15) is 19.0 Å². The predicted octanol–water partition coefficient (Wildman–Crippen LogP) is 1.38. The van der Waals surface area contributed by atoms with Crippen LogP contribution in [0.4, 0.5) is 0 Å². The van der Waals surface area contributed by atoms with Crippen molar-refractivity contribution in [1.29, 1.82) is 0 Å². The minimum atomic E-state index is -4.40. The largest absolute Gasteiger partial charge is 0.756 e. The third-order valence-corrected chi connectivity index (χ3v) is 2.36. The second-order valence-corrected chi connectivity index (χ2v) is 4.48. The highest BCUT2D eigenvalue weighted by atomic mass is 128. The Morgan fingerprint density at radius 1 is 1.21 bits per heavy atom. The smallest absolute Gasteiger partial charge is 0.303 e. The van der Waals surface area contributed by atoms with Gasteiger partial charge in [0.2, 0.25) is 0 Å². The van der Waals surface area contributed by atoms with Gasteiger partial charge in [-0.2, -0.15) is 0 Å². The van der Waals surface area contributed by atoms with Crippen LogP contribution >= 0.6 is 45.1 Å². The number of phosphoric acid groups is 1. The number of ether oxygens (including phenoxy) is 2. The summed E-state index contributed by atoms with van der Waals surface area (Å²) in [4.78, 5) is 32.1. The van der Waals surface area contributed by atoms with Gasteiger partial charge >= 0.3 is 11.9 Å². The molecule has 0 aliphatic rings. The van der Waals surface area contributed by atoms with Crippen molar-refractivity contribution in [3.05, 3.63) is 0 Å². The molecule has 0 aliphatic carbocycles. The summed E-state index contributed by atoms with van der Waals surface area (Å²) in [6.45, 7) is 1.52. The molecule has 0 aromatic carbocycles. The summed E-state index contributed by atoms with van der Waals surface area (Å²) in [5.41, 5.74) is 0. The molecule has 0 heterocycles. The van der Waals surface area contributed by atoms with Gasteiger partial charge in [-0.1, -0.05) is 0 Å². The van der Waals surface area contributed by atoms with E-state index in [0.29, 0.717) is 0 Å². The Kier molecular flexibility index (Phi) is 14.1. The first-order valence-corrected chi connectivity index (χ1v) is 12.5. The summed E-state index contributed by atoms with van der Waals surface area (Å²) < 4.78 is 28.6. The van der Waals surface area contributed by atoms with E-state index >= 15 is 0 Å². The molecule has 0 saturated heterocycles. The highest BCUT2D eigenvalue weighted by Crippen LogP contribution is 2.36. The Morgan fingerprint density at radius 2 is 1.74 bits per heavy atom. The normalized spacial score (nSPS) is 14.4. The molecule has 0 amide bonds. The molecule has 2 unspecified atom stereocenters. The minimum Gasteiger partial charge on any atom is -0.756 e. The summed E-state index contributed by atoms with van der Waals surface area (Å²) >= 11 is 4.24. The van der Waals surface area contributed by atoms with Crippen LogP contribution in [0.2, 0.25) is 0 Å². The summed E-state index contributed by atoms with van der Waals surface area (Å²) in [5, 5.41) is 0. The monoisotopic (exact) mass is 523 g/mol. The number of halogens is 2. The standard InChI is InChI=1S/C8H15O8P.I2/c1-6(9)14-4-8(16-7(2)10)5-15-17(11,12)13-3;1-2/h8H,4-5H2,1-3H3,(H,11,12);/p-1. The van der Waals surface area contributed by atoms with E-state index in [2.05, 4.69) is 55.8 Å². The molecule has 8 nitrogen and oxygen atoms in total. The zero-order valence-corrected chi connectivity index (χ0v) is 15.7. The van der Waals surface area contributed by atoms with Crippen LogP contribution in [0.1, 0.15) is 13.8 Å². The van der Waals surface area contributed by atoms with Crippen molar-refractivity contribution in [2.24, 2.45) is 0 Å². The zero-order chi connectivity index (χ0) is 15.5. The van der Waals surface area contributed by atoms with E-state index in [0.717, 1.165) is 14.0 Å². The maximum absolute atomic E-state index is 10.9. The van der Waals surface area contributed by atoms with Gasteiger partial charge in [-0.25, -0.2) is 0 Å². The van der Waals surface area contributed by atoms with Crippen LogP contribution in [0.3, 0.4) is 0 Å². The van der Waals surface area contributed by atoms with E-state index < -0.39 is 32.5 Å². The second kappa shape index (κ2) is 12.3. The van der Waals surface area contributed by atoms with Crippen LogP contribution in [-0.4, -0.2) is 38.4 Å². The van der Waals surface area contributed by atoms with Gasteiger partial charge in [0.15, 0.2) is 6.10 Å². The van der Waals surface area contributed by atoms with Crippen molar-refractivity contribution in [1.82, 2.24) is 0 Å². The van der Waals surface area contributed by atoms with E-state index in [-0.39, 0.29) is 6.61 Å². The lowest BCUT2D eigenvalue weighted by Gasteiger charge is -2.23. The number of carbonyl (C=O) groups excluding carboxylic acids is 2. The molecule has 0 aliphatic heterocycles. The SMILES string of the molecule is COP(=O)([O-])OCC(COC(C)=O)OC(C)=O.II. The third kappa shape index (κ3) is 14.7. The molecule has 0 aromatic rings. The van der Waals surface area contributed by atoms with Crippen molar-refractivity contribution in [3.8, 4) is 0 Å². The summed E-state index contributed by atoms with van der Waals surface area (Å²) in [5.74, 6) is -1.23. The fourth-order valence-electron chi connectivity index (χ4n) is 0.788. The molecule has 0 bridgehead atoms. The second-order valence-electron chi connectivity index (χ2n) is 2.96. The van der Waals surface area contributed by atoms with Crippen LogP contribution in [0.15, 0.2) is 0 Å². The van der Waals surface area contributed by atoms with Crippen LogP contribution in [0.5, 0.6) is 0 Å². The van der Waals surface area contributed by atoms with Crippen molar-refractivity contribution in [2.75, 3.05) is 20.3 Å². The Bertz CT molecular complexity index is 324. The topological polar surface area (TPSA) is 111 Å². The number of phosphoric ester groups is 1. The average Bonchev–Trinajstić information content (AvgIpc) is 2.34. The Balaban J connectivity index is 0. The van der Waals surface area contributed by atoms with E-state index in [1.54, 1.807) is 0 Å². The quantitative estimate of drug-likeness (QED) is 0.280. The molecule has 11 heteroatoms. The Hall–Kier alpha value is 0.510. The van der Waals surface area contributed by atoms with Gasteiger partial charge in [0.25, 0.3) is 7.82 Å². The number of carbonyl (C=O) groups is 2. The molecule has 0 spiro atoms. The zero-order valence-electron chi connectivity index (χ0n) is 10.5. The summed E-state index contributed by atoms with van der Waals surface area (Å²) in [7, 11) is -3.47. The highest BCUT2D eigenvalue weighted by Gasteiger charge is 2.17. The number of rotatable bonds is 7. The van der Waals surface area contributed by atoms with Crippen LogP contribution in [0.25, 0.3) is 0 Å². The fourth-order valence-corrected chi connectivity index (χ4v) is 1.24. The maximum Gasteiger partial charge on any atom is 0.303 e. The van der Waals surface area contributed by atoms with Crippen molar-refractivity contribution in [3.63, 3.8) is 0 Å². The van der Waals surface area contributed by atoms with Crippen LogP contribution in [0, 0.1) is 0 Å². The molecular formula is C8H14I2O8P-. The van der Waals surface area contributed by atoms with Gasteiger partial charge in [-0.3, -0.25) is 14.2 Å². The van der Waals surface area contributed by atoms with Crippen LogP contribution in [-0.2, 0) is 32.7 Å². The molecule has 0 aromatic heterocycles. The molecule has 2 atom stereocenters. The van der Waals surface area contributed by atoms with Gasteiger partial charge in [-0.15, -0.1) is 0 Å². The Morgan fingerprint density at radius 3 is 2.11 bits per heavy atom. The molecule has 0 saturated carbocycles. The molecule has 0 fully saturated rings. The van der Waals surface area contributed by atoms with Gasteiger partial charge in [-0.05, 0) is 0 Å². The van der Waals surface area contributed by atoms with E-state index in [4.69, 9.17) is 0 Å². The first kappa shape index (κ1) is 21.8. The lowest BCUT2D eigenvalue weighted by molar-refractivity contribution is -0.225. The van der Waals surface area contributed by atoms with Gasteiger partial charge < -0.3 is 23.4 Å². The summed E-state index contributed by atoms with van der Waals surface area (Å²) in [6.07, 6.45) is -1.01. The van der Waals surface area contributed by atoms with Gasteiger partial charge in [0, 0.05) is 58.2 Å². The molecule has 114 valence electrons. The molecule has 0 rings (SSSR count). The van der Waals surface area contributed by atoms with Gasteiger partial charge in [0.1, 0.15) is 6.61 Å². The molecule has 0 radical (unpaired) electrons. The first-order chi connectivity index (χ1) is 8.76. The number of hydrogen-bond donors (Lipinski definition) is 0. The summed E-state index contributed by atoms with van der Waals surface area (Å²) in [6, 6.07) is 0. The van der Waals surface area contributed by atoms with E-state index in [1.165, 1.54) is 6.92 Å². The predicted molar refractivity (Wildman–Crippen MR) is 80.8 cm³/mol. The molecule has 19 heavy (non-hydrogen) atoms. The minimum absolute atomic E-state index is 0.293. The van der Waals surface area contributed by atoms with Crippen LogP contribution < -0.4 is 4.89 Å². The lowest BCUT2D eigenvalue weighted by Crippen LogP contribution is -2.29. The number of hydrogen-bond acceptors (Lipinski definition) is 8. The fraction of sp³-hybridized carbons (Fsp3) is 0.750. The first-order valence-electron chi connectivity index (χ1n) is 4.73. The van der Waals surface area contributed by atoms with Crippen molar-refractivity contribution < 1.29 is 37.6 Å². The molecule has 0 N–H and O–H groups in total. The maximum atomic E-state index is 10.9. The van der Waals surface area contributed by atoms with Crippen molar-refractivity contribution >= 4 is 57.0 Å². The number of esters is 2. The van der Waals surface area contributed by atoms with Gasteiger partial charge in [0.05, 0.1) is 6.61 Å². The van der Waals surface area contributed by atoms with Crippen molar-refractivity contribution in [2.45, 2.75) is 20.0 Å². The Labute approximate surface area is 134 Å². The van der Waals surface area contributed by atoms with E-state index in [1.807, 2.05) is 0 Å². The third-order valence-electron chi connectivity index (χ3n) is 1.45. The lowest BCUT2D eigenvalue weighted by atomic mass is 10.4.